The van der Waals surface area contributed by atoms with Crippen molar-refractivity contribution in [2.45, 2.75) is 19.4 Å². The molecule has 0 aromatic heterocycles. The van der Waals surface area contributed by atoms with E-state index >= 15 is 0 Å². The van der Waals surface area contributed by atoms with Crippen molar-refractivity contribution in [1.29, 1.82) is 0 Å². The Hall–Kier alpha value is -1.16. The topological polar surface area (TPSA) is 20.3 Å². The molecule has 2 atom stereocenters. The molecule has 2 unspecified atom stereocenters. The largest absolute Gasteiger partial charge is 0.334 e. The summed E-state index contributed by atoms with van der Waals surface area (Å²) in [6, 6.07) is 3.27. The van der Waals surface area contributed by atoms with Gasteiger partial charge in [0.15, 0.2) is 0 Å². The lowest BCUT2D eigenvalue weighted by molar-refractivity contribution is 0.0727. The van der Waals surface area contributed by atoms with Gasteiger partial charge in [-0.1, -0.05) is 13.0 Å². The van der Waals surface area contributed by atoms with Crippen molar-refractivity contribution >= 4 is 17.5 Å². The van der Waals surface area contributed by atoms with E-state index in [4.69, 9.17) is 11.6 Å². The van der Waals surface area contributed by atoms with Crippen molar-refractivity contribution in [2.75, 3.05) is 12.4 Å². The smallest absolute Gasteiger partial charge is 0.260 e. The third-order valence-corrected chi connectivity index (χ3v) is 3.79. The number of hydrogen-bond donors (Lipinski definition) is 0. The summed E-state index contributed by atoms with van der Waals surface area (Å²) in [6.45, 7) is 2.48. The van der Waals surface area contributed by atoms with E-state index in [1.807, 2.05) is 6.92 Å². The predicted octanol–water partition coefficient (Wildman–Crippen LogP) is 3.05. The molecule has 1 heterocycles. The number of amides is 1. The number of likely N-dealkylation sites (tertiary alicyclic amines) is 1. The second-order valence-corrected chi connectivity index (χ2v) is 4.89. The molecule has 5 heteroatoms. The monoisotopic (exact) mass is 273 g/mol. The van der Waals surface area contributed by atoms with E-state index in [0.29, 0.717) is 6.54 Å². The highest BCUT2D eigenvalue weighted by Crippen LogP contribution is 2.27. The molecule has 0 bridgehead atoms. The molecule has 0 saturated carbocycles. The number of halogens is 3. The number of alkyl halides is 1. The Morgan fingerprint density at radius 2 is 2.06 bits per heavy atom. The fourth-order valence-corrected chi connectivity index (χ4v) is 2.81. The summed E-state index contributed by atoms with van der Waals surface area (Å²) in [4.78, 5) is 13.7. The van der Waals surface area contributed by atoms with Gasteiger partial charge in [-0.3, -0.25) is 4.79 Å². The van der Waals surface area contributed by atoms with Crippen molar-refractivity contribution in [3.05, 3.63) is 35.4 Å². The molecule has 1 aromatic rings. The van der Waals surface area contributed by atoms with E-state index in [-0.39, 0.29) is 17.8 Å². The minimum Gasteiger partial charge on any atom is -0.334 e. The Kier molecular flexibility index (Phi) is 3.85. The molecule has 0 aliphatic carbocycles. The lowest BCUT2D eigenvalue weighted by Crippen LogP contribution is -2.39. The number of hydrogen-bond acceptors (Lipinski definition) is 1. The van der Waals surface area contributed by atoms with Gasteiger partial charge in [-0.15, -0.1) is 11.6 Å². The summed E-state index contributed by atoms with van der Waals surface area (Å²) < 4.78 is 27.1. The van der Waals surface area contributed by atoms with Gasteiger partial charge in [0.25, 0.3) is 5.91 Å². The first kappa shape index (κ1) is 13.3. The van der Waals surface area contributed by atoms with Crippen LogP contribution in [0, 0.1) is 17.6 Å². The molecule has 0 radical (unpaired) electrons. The van der Waals surface area contributed by atoms with Crippen LogP contribution >= 0.6 is 11.6 Å². The number of carbonyl (C=O) groups is 1. The molecule has 2 nitrogen and oxygen atoms in total. The van der Waals surface area contributed by atoms with Gasteiger partial charge in [-0.25, -0.2) is 8.78 Å². The van der Waals surface area contributed by atoms with Crippen molar-refractivity contribution in [1.82, 2.24) is 4.90 Å². The van der Waals surface area contributed by atoms with Crippen LogP contribution in [0.15, 0.2) is 18.2 Å². The van der Waals surface area contributed by atoms with Gasteiger partial charge in [0.05, 0.1) is 0 Å². The summed E-state index contributed by atoms with van der Waals surface area (Å²) in [5.41, 5.74) is -0.485. The highest BCUT2D eigenvalue weighted by Gasteiger charge is 2.36. The molecular formula is C13H14ClF2NO. The van der Waals surface area contributed by atoms with Gasteiger partial charge >= 0.3 is 0 Å². The molecule has 1 saturated heterocycles. The maximum Gasteiger partial charge on any atom is 0.260 e. The minimum absolute atomic E-state index is 0.154. The highest BCUT2D eigenvalue weighted by atomic mass is 35.5. The number of rotatable bonds is 2. The quantitative estimate of drug-likeness (QED) is 0.759. The summed E-state index contributed by atoms with van der Waals surface area (Å²) in [5, 5.41) is 0. The van der Waals surface area contributed by atoms with Gasteiger partial charge in [0, 0.05) is 18.5 Å². The third-order valence-electron chi connectivity index (χ3n) is 3.48. The van der Waals surface area contributed by atoms with Gasteiger partial charge in [0.1, 0.15) is 17.2 Å². The van der Waals surface area contributed by atoms with Crippen LogP contribution in [0.5, 0.6) is 0 Å². The van der Waals surface area contributed by atoms with E-state index in [2.05, 4.69) is 0 Å². The van der Waals surface area contributed by atoms with Crippen LogP contribution in [0.25, 0.3) is 0 Å². The van der Waals surface area contributed by atoms with Crippen LogP contribution in [-0.2, 0) is 0 Å². The van der Waals surface area contributed by atoms with Gasteiger partial charge in [-0.2, -0.15) is 0 Å². The molecular weight excluding hydrogens is 260 g/mol. The number of carbonyl (C=O) groups excluding carboxylic acids is 1. The number of benzene rings is 1. The van der Waals surface area contributed by atoms with Crippen LogP contribution in [0.3, 0.4) is 0 Å². The zero-order chi connectivity index (χ0) is 13.3. The standard InChI is InChI=1S/C13H14ClF2NO/c1-8-5-6-17(11(8)7-14)13(18)12-9(15)3-2-4-10(12)16/h2-4,8,11H,5-7H2,1H3. The van der Waals surface area contributed by atoms with Crippen molar-refractivity contribution in [2.24, 2.45) is 5.92 Å². The van der Waals surface area contributed by atoms with Crippen LogP contribution in [0.1, 0.15) is 23.7 Å². The minimum atomic E-state index is -0.826. The molecule has 18 heavy (non-hydrogen) atoms. The Balaban J connectivity index is 2.32. The maximum atomic E-state index is 13.6. The molecule has 1 aromatic carbocycles. The van der Waals surface area contributed by atoms with Gasteiger partial charge < -0.3 is 4.90 Å². The summed E-state index contributed by atoms with van der Waals surface area (Å²) in [5.74, 6) is -1.73. The Bertz CT molecular complexity index is 446. The molecule has 0 spiro atoms. The van der Waals surface area contributed by atoms with Crippen molar-refractivity contribution < 1.29 is 13.6 Å². The predicted molar refractivity (Wildman–Crippen MR) is 65.7 cm³/mol. The normalized spacial score (nSPS) is 23.4. The molecule has 2 rings (SSSR count). The van der Waals surface area contributed by atoms with E-state index < -0.39 is 23.1 Å². The van der Waals surface area contributed by atoms with Crippen LogP contribution in [0.4, 0.5) is 8.78 Å². The summed E-state index contributed by atoms with van der Waals surface area (Å²) in [7, 11) is 0. The Labute approximate surface area is 110 Å². The average molecular weight is 274 g/mol. The van der Waals surface area contributed by atoms with E-state index in [9.17, 15) is 13.6 Å². The highest BCUT2D eigenvalue weighted by molar-refractivity contribution is 6.18. The SMILES string of the molecule is CC1CCN(C(=O)c2c(F)cccc2F)C1CCl. The van der Waals surface area contributed by atoms with Crippen molar-refractivity contribution in [3.8, 4) is 0 Å². The van der Waals surface area contributed by atoms with E-state index in [1.54, 1.807) is 0 Å². The van der Waals surface area contributed by atoms with Crippen LogP contribution in [0.2, 0.25) is 0 Å². The van der Waals surface area contributed by atoms with Gasteiger partial charge in [0.2, 0.25) is 0 Å². The zero-order valence-electron chi connectivity index (χ0n) is 10.00. The molecule has 1 aliphatic rings. The second-order valence-electron chi connectivity index (χ2n) is 4.58. The Morgan fingerprint density at radius 3 is 2.61 bits per heavy atom. The summed E-state index contributed by atoms with van der Waals surface area (Å²) >= 11 is 5.83. The zero-order valence-corrected chi connectivity index (χ0v) is 10.8. The first-order valence-corrected chi connectivity index (χ1v) is 6.40. The number of nitrogens with zero attached hydrogens (tertiary/aromatic N) is 1. The maximum absolute atomic E-state index is 13.6. The molecule has 98 valence electrons. The summed E-state index contributed by atoms with van der Waals surface area (Å²) in [6.07, 6.45) is 0.805. The lowest BCUT2D eigenvalue weighted by atomic mass is 10.0. The van der Waals surface area contributed by atoms with Crippen LogP contribution in [-0.4, -0.2) is 29.3 Å². The first-order chi connectivity index (χ1) is 8.56. The lowest BCUT2D eigenvalue weighted by Gasteiger charge is -2.25. The third kappa shape index (κ3) is 2.21. The Morgan fingerprint density at radius 1 is 1.44 bits per heavy atom. The van der Waals surface area contributed by atoms with Crippen LogP contribution < -0.4 is 0 Å². The van der Waals surface area contributed by atoms with E-state index in [1.165, 1.54) is 11.0 Å². The van der Waals surface area contributed by atoms with Gasteiger partial charge in [-0.05, 0) is 24.5 Å². The second kappa shape index (κ2) is 5.22. The average Bonchev–Trinajstić information content (AvgIpc) is 2.69. The van der Waals surface area contributed by atoms with Crippen molar-refractivity contribution in [3.63, 3.8) is 0 Å². The molecule has 1 fully saturated rings. The molecule has 0 N–H and O–H groups in total. The first-order valence-electron chi connectivity index (χ1n) is 5.87. The molecule has 1 amide bonds. The fraction of sp³-hybridized carbons (Fsp3) is 0.462. The fourth-order valence-electron chi connectivity index (χ4n) is 2.34. The van der Waals surface area contributed by atoms with E-state index in [0.717, 1.165) is 18.6 Å². The molecule has 1 aliphatic heterocycles.